The summed E-state index contributed by atoms with van der Waals surface area (Å²) < 4.78 is 16.2. The molecule has 17 heavy (non-hydrogen) atoms. The average Bonchev–Trinajstić information content (AvgIpc) is 2.33. The van der Waals surface area contributed by atoms with Crippen molar-refractivity contribution < 1.29 is 8.95 Å². The van der Waals surface area contributed by atoms with Crippen molar-refractivity contribution in [1.29, 1.82) is 0 Å². The Kier molecular flexibility index (Phi) is 6.58. The van der Waals surface area contributed by atoms with Crippen molar-refractivity contribution in [2.75, 3.05) is 25.2 Å². The topological polar surface area (TPSA) is 38.3 Å². The van der Waals surface area contributed by atoms with E-state index < -0.39 is 10.8 Å². The zero-order valence-corrected chi connectivity index (χ0v) is 11.0. The van der Waals surface area contributed by atoms with Crippen molar-refractivity contribution in [3.8, 4) is 5.75 Å². The highest BCUT2D eigenvalue weighted by Crippen LogP contribution is 2.11. The van der Waals surface area contributed by atoms with Crippen LogP contribution >= 0.6 is 0 Å². The van der Waals surface area contributed by atoms with Crippen LogP contribution in [0, 0.1) is 0 Å². The van der Waals surface area contributed by atoms with E-state index in [1.807, 2.05) is 24.3 Å². The van der Waals surface area contributed by atoms with Crippen LogP contribution in [0.4, 0.5) is 0 Å². The van der Waals surface area contributed by atoms with Gasteiger partial charge in [0.2, 0.25) is 0 Å². The van der Waals surface area contributed by atoms with Gasteiger partial charge in [0.25, 0.3) is 0 Å². The van der Waals surface area contributed by atoms with Crippen LogP contribution in [0.2, 0.25) is 0 Å². The fraction of sp³-hybridized carbons (Fsp3) is 0.385. The molecule has 3 nitrogen and oxygen atoms in total. The number of hydrogen-bond acceptors (Lipinski definition) is 3. The van der Waals surface area contributed by atoms with Crippen LogP contribution in [0.15, 0.2) is 36.9 Å². The van der Waals surface area contributed by atoms with E-state index in [1.165, 1.54) is 5.56 Å². The minimum atomic E-state index is -0.723. The molecule has 1 N–H and O–H groups in total. The van der Waals surface area contributed by atoms with Crippen LogP contribution in [-0.4, -0.2) is 29.4 Å². The lowest BCUT2D eigenvalue weighted by atomic mass is 10.2. The second-order valence-corrected chi connectivity index (χ2v) is 5.25. The summed E-state index contributed by atoms with van der Waals surface area (Å²) >= 11 is 0. The van der Waals surface area contributed by atoms with Gasteiger partial charge in [-0.15, -0.1) is 0 Å². The Balaban J connectivity index is 2.29. The van der Waals surface area contributed by atoms with Gasteiger partial charge in [0.1, 0.15) is 12.4 Å². The summed E-state index contributed by atoms with van der Waals surface area (Å²) in [6.45, 7) is 5.69. The fourth-order valence-corrected chi connectivity index (χ4v) is 1.74. The largest absolute Gasteiger partial charge is 0.490 e. The number of nitrogens with one attached hydrogen (secondary N) is 1. The number of ether oxygens (including phenoxy) is 1. The number of rotatable bonds is 8. The van der Waals surface area contributed by atoms with Crippen LogP contribution in [0.25, 0.3) is 0 Å². The third-order valence-corrected chi connectivity index (χ3v) is 2.97. The first-order chi connectivity index (χ1) is 8.22. The Hall–Kier alpha value is -1.13. The molecule has 0 bridgehead atoms. The van der Waals surface area contributed by atoms with Gasteiger partial charge < -0.3 is 10.1 Å². The Labute approximate surface area is 105 Å². The quantitative estimate of drug-likeness (QED) is 0.566. The van der Waals surface area contributed by atoms with Gasteiger partial charge in [-0.05, 0) is 17.7 Å². The summed E-state index contributed by atoms with van der Waals surface area (Å²) in [5, 5.41) is 3.25. The van der Waals surface area contributed by atoms with Gasteiger partial charge >= 0.3 is 0 Å². The van der Waals surface area contributed by atoms with Gasteiger partial charge in [-0.2, -0.15) is 0 Å². The molecular weight excluding hydrogens is 234 g/mol. The first-order valence-electron chi connectivity index (χ1n) is 5.55. The van der Waals surface area contributed by atoms with Crippen molar-refractivity contribution in [3.05, 3.63) is 42.5 Å². The van der Waals surface area contributed by atoms with Crippen molar-refractivity contribution in [1.82, 2.24) is 5.32 Å². The second-order valence-electron chi connectivity index (χ2n) is 3.70. The molecule has 0 heterocycles. The summed E-state index contributed by atoms with van der Waals surface area (Å²) in [5.41, 5.74) is 1.19. The highest BCUT2D eigenvalue weighted by molar-refractivity contribution is 7.84. The SMILES string of the molecule is C=CCOc1ccc(CNCCS(C)=O)cc1. The summed E-state index contributed by atoms with van der Waals surface area (Å²) in [6.07, 6.45) is 3.44. The highest BCUT2D eigenvalue weighted by atomic mass is 32.2. The minimum absolute atomic E-state index is 0.528. The molecule has 1 atom stereocenters. The number of hydrogen-bond donors (Lipinski definition) is 1. The molecule has 0 aliphatic carbocycles. The lowest BCUT2D eigenvalue weighted by Gasteiger charge is -2.06. The van der Waals surface area contributed by atoms with Crippen molar-refractivity contribution in [3.63, 3.8) is 0 Å². The zero-order chi connectivity index (χ0) is 12.5. The third-order valence-electron chi connectivity index (χ3n) is 2.19. The van der Waals surface area contributed by atoms with E-state index in [0.717, 1.165) is 18.8 Å². The Morgan fingerprint density at radius 3 is 2.71 bits per heavy atom. The summed E-state index contributed by atoms with van der Waals surface area (Å²) in [6, 6.07) is 7.93. The molecule has 0 radical (unpaired) electrons. The Bertz CT molecular complexity index is 362. The summed E-state index contributed by atoms with van der Waals surface area (Å²) in [5.74, 6) is 1.55. The molecule has 0 aromatic heterocycles. The van der Waals surface area contributed by atoms with E-state index in [9.17, 15) is 4.21 Å². The van der Waals surface area contributed by atoms with Gasteiger partial charge in [-0.25, -0.2) is 0 Å². The smallest absolute Gasteiger partial charge is 0.119 e. The molecule has 1 aromatic carbocycles. The standard InChI is InChI=1S/C13H19NO2S/c1-3-9-16-13-6-4-12(5-7-13)11-14-8-10-17(2)15/h3-7,14H,1,8-11H2,2H3. The van der Waals surface area contributed by atoms with Crippen molar-refractivity contribution in [2.45, 2.75) is 6.54 Å². The van der Waals surface area contributed by atoms with Crippen LogP contribution in [0.1, 0.15) is 5.56 Å². The molecule has 0 saturated heterocycles. The highest BCUT2D eigenvalue weighted by Gasteiger charge is 1.95. The lowest BCUT2D eigenvalue weighted by molar-refractivity contribution is 0.363. The monoisotopic (exact) mass is 253 g/mol. The third kappa shape index (κ3) is 6.24. The van der Waals surface area contributed by atoms with E-state index in [4.69, 9.17) is 4.74 Å². The molecule has 0 aliphatic rings. The summed E-state index contributed by atoms with van der Waals surface area (Å²) in [4.78, 5) is 0. The minimum Gasteiger partial charge on any atom is -0.490 e. The van der Waals surface area contributed by atoms with E-state index in [1.54, 1.807) is 12.3 Å². The second kappa shape index (κ2) is 8.03. The number of benzene rings is 1. The summed E-state index contributed by atoms with van der Waals surface area (Å²) in [7, 11) is -0.723. The molecule has 1 rings (SSSR count). The molecule has 1 aromatic rings. The molecule has 0 spiro atoms. The molecule has 4 heteroatoms. The van der Waals surface area contributed by atoms with Crippen LogP contribution < -0.4 is 10.1 Å². The van der Waals surface area contributed by atoms with E-state index in [-0.39, 0.29) is 0 Å². The Morgan fingerprint density at radius 1 is 1.41 bits per heavy atom. The van der Waals surface area contributed by atoms with Gasteiger partial charge in [-0.1, -0.05) is 24.8 Å². The normalized spacial score (nSPS) is 12.1. The molecule has 1 unspecified atom stereocenters. The van der Waals surface area contributed by atoms with Crippen LogP contribution in [-0.2, 0) is 17.3 Å². The molecule has 0 saturated carbocycles. The molecule has 94 valence electrons. The van der Waals surface area contributed by atoms with E-state index >= 15 is 0 Å². The lowest BCUT2D eigenvalue weighted by Crippen LogP contribution is -2.19. The molecule has 0 aliphatic heterocycles. The predicted octanol–water partition coefficient (Wildman–Crippen LogP) is 1.72. The van der Waals surface area contributed by atoms with Crippen molar-refractivity contribution >= 4 is 10.8 Å². The van der Waals surface area contributed by atoms with Crippen LogP contribution in [0.3, 0.4) is 0 Å². The van der Waals surface area contributed by atoms with Gasteiger partial charge in [-0.3, -0.25) is 4.21 Å². The van der Waals surface area contributed by atoms with E-state index in [0.29, 0.717) is 12.4 Å². The molecule has 0 amide bonds. The maximum atomic E-state index is 10.8. The molecular formula is C13H19NO2S. The maximum Gasteiger partial charge on any atom is 0.119 e. The van der Waals surface area contributed by atoms with Crippen LogP contribution in [0.5, 0.6) is 5.75 Å². The first-order valence-corrected chi connectivity index (χ1v) is 7.28. The van der Waals surface area contributed by atoms with Crippen molar-refractivity contribution in [2.24, 2.45) is 0 Å². The molecule has 0 fully saturated rings. The van der Waals surface area contributed by atoms with Gasteiger partial charge in [0.15, 0.2) is 0 Å². The zero-order valence-electron chi connectivity index (χ0n) is 10.1. The Morgan fingerprint density at radius 2 is 2.12 bits per heavy atom. The predicted molar refractivity (Wildman–Crippen MR) is 72.8 cm³/mol. The first kappa shape index (κ1) is 13.9. The fourth-order valence-electron chi connectivity index (χ4n) is 1.31. The van der Waals surface area contributed by atoms with Gasteiger partial charge in [0, 0.05) is 35.9 Å². The average molecular weight is 253 g/mol. The van der Waals surface area contributed by atoms with Gasteiger partial charge in [0.05, 0.1) is 0 Å². The maximum absolute atomic E-state index is 10.8. The van der Waals surface area contributed by atoms with E-state index in [2.05, 4.69) is 11.9 Å².